The van der Waals surface area contributed by atoms with Gasteiger partial charge in [0.2, 0.25) is 0 Å². The molecule has 6 N–H and O–H groups in total. The molecule has 0 saturated carbocycles. The second-order valence-electron chi connectivity index (χ2n) is 6.10. The minimum Gasteiger partial charge on any atom is -0.382 e. The Balaban J connectivity index is 0.000000253. The fourth-order valence-corrected chi connectivity index (χ4v) is 2.96. The topological polar surface area (TPSA) is 163 Å². The van der Waals surface area contributed by atoms with Gasteiger partial charge in [0.05, 0.1) is 15.9 Å². The highest BCUT2D eigenvalue weighted by atomic mass is 35.5. The molecule has 0 amide bonds. The molecular weight excluding hydrogens is 392 g/mol. The van der Waals surface area contributed by atoms with Gasteiger partial charge in [0, 0.05) is 13.0 Å². The van der Waals surface area contributed by atoms with Crippen molar-refractivity contribution in [2.75, 3.05) is 18.0 Å². The molecule has 0 bridgehead atoms. The van der Waals surface area contributed by atoms with Crippen molar-refractivity contribution in [3.63, 3.8) is 0 Å². The molecule has 10 heteroatoms. The highest BCUT2D eigenvalue weighted by Crippen LogP contribution is 2.19. The number of hydrogen-bond donors (Lipinski definition) is 3. The lowest BCUT2D eigenvalue weighted by Crippen LogP contribution is -2.25. The maximum atomic E-state index is 12.5. The van der Waals surface area contributed by atoms with Gasteiger partial charge in [-0.15, -0.1) is 0 Å². The molecule has 0 fully saturated rings. The average Bonchev–Trinajstić information content (AvgIpc) is 2.70. The van der Waals surface area contributed by atoms with E-state index in [1.165, 1.54) is 6.33 Å². The number of aryl methyl sites for hydroxylation is 1. The van der Waals surface area contributed by atoms with E-state index in [9.17, 15) is 4.79 Å². The van der Waals surface area contributed by atoms with E-state index in [4.69, 9.17) is 34.1 Å². The Bertz CT molecular complexity index is 1070. The Kier molecular flexibility index (Phi) is 7.88. The SMILES string of the molecule is CCc1nc2cccc(Cl)c2c(=O)n1CCCCN.N#Cc1c(N)ncnc1N. The van der Waals surface area contributed by atoms with Gasteiger partial charge >= 0.3 is 0 Å². The summed E-state index contributed by atoms with van der Waals surface area (Å²) >= 11 is 6.12. The highest BCUT2D eigenvalue weighted by molar-refractivity contribution is 6.35. The lowest BCUT2D eigenvalue weighted by molar-refractivity contribution is 0.569. The van der Waals surface area contributed by atoms with Gasteiger partial charge < -0.3 is 17.2 Å². The zero-order chi connectivity index (χ0) is 21.4. The first-order valence-corrected chi connectivity index (χ1v) is 9.46. The maximum absolute atomic E-state index is 12.5. The first kappa shape index (κ1) is 22.1. The third-order valence-electron chi connectivity index (χ3n) is 4.18. The molecule has 0 unspecified atom stereocenters. The normalized spacial score (nSPS) is 10.3. The third-order valence-corrected chi connectivity index (χ3v) is 4.50. The second-order valence-corrected chi connectivity index (χ2v) is 6.51. The zero-order valence-electron chi connectivity index (χ0n) is 16.1. The Hall–Kier alpha value is -3.22. The maximum Gasteiger partial charge on any atom is 0.262 e. The van der Waals surface area contributed by atoms with Crippen LogP contribution >= 0.6 is 11.6 Å². The van der Waals surface area contributed by atoms with Crippen LogP contribution in [0.4, 0.5) is 11.6 Å². The molecule has 0 atom stereocenters. The highest BCUT2D eigenvalue weighted by Gasteiger charge is 2.11. The van der Waals surface area contributed by atoms with Gasteiger partial charge in [-0.05, 0) is 31.5 Å². The van der Waals surface area contributed by atoms with Crippen molar-refractivity contribution in [2.24, 2.45) is 5.73 Å². The molecule has 2 heterocycles. The van der Waals surface area contributed by atoms with Crippen molar-refractivity contribution in [3.05, 3.63) is 51.3 Å². The average molecular weight is 415 g/mol. The molecule has 3 aromatic rings. The van der Waals surface area contributed by atoms with Crippen LogP contribution in [0.2, 0.25) is 5.02 Å². The van der Waals surface area contributed by atoms with E-state index < -0.39 is 0 Å². The van der Waals surface area contributed by atoms with Crippen molar-refractivity contribution in [1.82, 2.24) is 19.5 Å². The van der Waals surface area contributed by atoms with Gasteiger partial charge in [0.15, 0.2) is 0 Å². The number of hydrogen-bond acceptors (Lipinski definition) is 8. The van der Waals surface area contributed by atoms with Crippen molar-refractivity contribution < 1.29 is 0 Å². The first-order chi connectivity index (χ1) is 13.9. The summed E-state index contributed by atoms with van der Waals surface area (Å²) in [7, 11) is 0. The number of nitrogens with two attached hydrogens (primary N) is 3. The summed E-state index contributed by atoms with van der Waals surface area (Å²) in [6, 6.07) is 7.15. The summed E-state index contributed by atoms with van der Waals surface area (Å²) in [4.78, 5) is 24.2. The van der Waals surface area contributed by atoms with Crippen molar-refractivity contribution >= 4 is 34.1 Å². The standard InChI is InChI=1S/C14H18ClN3O.C5H5N5/c1-2-12-17-11-7-5-6-10(15)13(11)14(19)18(12)9-4-3-8-16;6-1-3-4(7)9-2-10-5(3)8/h5-7H,2-4,8-9,16H2,1H3;2H,(H4,7,8,9,10). The predicted molar refractivity (Wildman–Crippen MR) is 114 cm³/mol. The number of aromatic nitrogens is 4. The molecule has 152 valence electrons. The summed E-state index contributed by atoms with van der Waals surface area (Å²) in [5, 5.41) is 9.38. The molecule has 1 aromatic carbocycles. The molecule has 0 radical (unpaired) electrons. The predicted octanol–water partition coefficient (Wildman–Crippen LogP) is 1.86. The first-order valence-electron chi connectivity index (χ1n) is 9.08. The Morgan fingerprint density at radius 3 is 2.45 bits per heavy atom. The number of nitriles is 1. The second kappa shape index (κ2) is 10.4. The van der Waals surface area contributed by atoms with E-state index in [0.717, 1.165) is 25.1 Å². The van der Waals surface area contributed by atoms with E-state index >= 15 is 0 Å². The molecule has 0 spiro atoms. The summed E-state index contributed by atoms with van der Waals surface area (Å²) in [6.07, 6.45) is 3.71. The molecule has 0 aliphatic heterocycles. The largest absolute Gasteiger partial charge is 0.382 e. The van der Waals surface area contributed by atoms with Crippen LogP contribution in [-0.2, 0) is 13.0 Å². The van der Waals surface area contributed by atoms with Crippen LogP contribution in [0, 0.1) is 11.3 Å². The zero-order valence-corrected chi connectivity index (χ0v) is 16.9. The summed E-state index contributed by atoms with van der Waals surface area (Å²) in [6.45, 7) is 3.28. The summed E-state index contributed by atoms with van der Waals surface area (Å²) < 4.78 is 1.73. The molecule has 29 heavy (non-hydrogen) atoms. The van der Waals surface area contributed by atoms with Crippen LogP contribution in [0.1, 0.15) is 31.2 Å². The Labute approximate surface area is 173 Å². The quantitative estimate of drug-likeness (QED) is 0.532. The number of rotatable bonds is 5. The number of benzene rings is 1. The van der Waals surface area contributed by atoms with E-state index in [2.05, 4.69) is 15.0 Å². The van der Waals surface area contributed by atoms with Gasteiger partial charge in [0.25, 0.3) is 5.56 Å². The lowest BCUT2D eigenvalue weighted by atomic mass is 10.2. The number of nitrogens with zero attached hydrogens (tertiary/aromatic N) is 5. The van der Waals surface area contributed by atoms with E-state index in [1.807, 2.05) is 19.1 Å². The van der Waals surface area contributed by atoms with E-state index in [1.54, 1.807) is 16.7 Å². The fraction of sp³-hybridized carbons (Fsp3) is 0.316. The van der Waals surface area contributed by atoms with Crippen LogP contribution in [0.15, 0.2) is 29.3 Å². The molecule has 0 saturated heterocycles. The van der Waals surface area contributed by atoms with Crippen LogP contribution in [0.25, 0.3) is 10.9 Å². The number of anilines is 2. The van der Waals surface area contributed by atoms with Crippen LogP contribution in [0.5, 0.6) is 0 Å². The lowest BCUT2D eigenvalue weighted by Gasteiger charge is -2.12. The summed E-state index contributed by atoms with van der Waals surface area (Å²) in [5.74, 6) is 1.04. The minimum atomic E-state index is -0.0514. The van der Waals surface area contributed by atoms with E-state index in [0.29, 0.717) is 29.0 Å². The summed E-state index contributed by atoms with van der Waals surface area (Å²) in [5.41, 5.74) is 16.8. The number of halogens is 1. The molecule has 9 nitrogen and oxygen atoms in total. The molecule has 2 aromatic heterocycles. The van der Waals surface area contributed by atoms with Gasteiger partial charge in [0.1, 0.15) is 35.4 Å². The van der Waals surface area contributed by atoms with Gasteiger partial charge in [-0.1, -0.05) is 24.6 Å². The van der Waals surface area contributed by atoms with Crippen LogP contribution in [-0.4, -0.2) is 26.1 Å². The van der Waals surface area contributed by atoms with Crippen molar-refractivity contribution in [2.45, 2.75) is 32.7 Å². The monoisotopic (exact) mass is 414 g/mol. The molecule has 0 aliphatic carbocycles. The number of nitrogen functional groups attached to an aromatic ring is 2. The minimum absolute atomic E-state index is 0.0514. The van der Waals surface area contributed by atoms with Crippen molar-refractivity contribution in [3.8, 4) is 6.07 Å². The smallest absolute Gasteiger partial charge is 0.262 e. The molecular formula is C19H23ClN8O. The molecule has 0 aliphatic rings. The van der Waals surface area contributed by atoms with Crippen LogP contribution < -0.4 is 22.8 Å². The Morgan fingerprint density at radius 2 is 1.90 bits per heavy atom. The number of unbranched alkanes of at least 4 members (excludes halogenated alkanes) is 1. The number of fused-ring (bicyclic) bond motifs is 1. The fourth-order valence-electron chi connectivity index (χ4n) is 2.71. The third kappa shape index (κ3) is 5.19. The molecule has 3 rings (SSSR count). The van der Waals surface area contributed by atoms with Gasteiger partial charge in [-0.3, -0.25) is 9.36 Å². The van der Waals surface area contributed by atoms with Gasteiger partial charge in [-0.25, -0.2) is 15.0 Å². The van der Waals surface area contributed by atoms with Crippen LogP contribution in [0.3, 0.4) is 0 Å². The van der Waals surface area contributed by atoms with E-state index in [-0.39, 0.29) is 22.8 Å². The van der Waals surface area contributed by atoms with Crippen molar-refractivity contribution in [1.29, 1.82) is 5.26 Å². The Morgan fingerprint density at radius 1 is 1.21 bits per heavy atom. The van der Waals surface area contributed by atoms with Gasteiger partial charge in [-0.2, -0.15) is 5.26 Å².